The van der Waals surface area contributed by atoms with Gasteiger partial charge in [0.05, 0.1) is 24.8 Å². The van der Waals surface area contributed by atoms with Crippen LogP contribution in [0.3, 0.4) is 0 Å². The summed E-state index contributed by atoms with van der Waals surface area (Å²) >= 11 is 0. The highest BCUT2D eigenvalue weighted by atomic mass is 16.5. The molecular weight excluding hydrogens is 270 g/mol. The predicted molar refractivity (Wildman–Crippen MR) is 79.0 cm³/mol. The van der Waals surface area contributed by atoms with E-state index < -0.39 is 5.97 Å². The maximum Gasteiger partial charge on any atom is 0.335 e. The smallest absolute Gasteiger partial charge is 0.335 e. The first-order valence-corrected chi connectivity index (χ1v) is 7.01. The Morgan fingerprint density at radius 2 is 2.10 bits per heavy atom. The fourth-order valence-corrected chi connectivity index (χ4v) is 2.28. The van der Waals surface area contributed by atoms with E-state index in [1.165, 1.54) is 18.2 Å². The van der Waals surface area contributed by atoms with Crippen LogP contribution in [0.4, 0.5) is 0 Å². The van der Waals surface area contributed by atoms with Crippen LogP contribution in [0.1, 0.15) is 29.3 Å². The lowest BCUT2D eigenvalue weighted by molar-refractivity contribution is -0.134. The molecule has 1 heterocycles. The maximum atomic E-state index is 12.2. The van der Waals surface area contributed by atoms with E-state index in [1.54, 1.807) is 18.2 Å². The van der Waals surface area contributed by atoms with Gasteiger partial charge in [0.2, 0.25) is 5.91 Å². The normalized spacial score (nSPS) is 18.9. The van der Waals surface area contributed by atoms with Crippen LogP contribution in [0, 0.1) is 0 Å². The number of carbonyl (C=O) groups excluding carboxylic acids is 1. The molecule has 21 heavy (non-hydrogen) atoms. The SMILES string of the molecule is CCC1COCCN1C(=O)/C=C/c1ccc(C(=O)O)cc1. The first-order valence-electron chi connectivity index (χ1n) is 7.01. The molecule has 1 unspecified atom stereocenters. The second-order valence-corrected chi connectivity index (χ2v) is 4.93. The molecule has 1 atom stereocenters. The Morgan fingerprint density at radius 3 is 2.71 bits per heavy atom. The number of morpholine rings is 1. The van der Waals surface area contributed by atoms with E-state index >= 15 is 0 Å². The fourth-order valence-electron chi connectivity index (χ4n) is 2.28. The minimum Gasteiger partial charge on any atom is -0.478 e. The van der Waals surface area contributed by atoms with Crippen molar-refractivity contribution in [3.63, 3.8) is 0 Å². The van der Waals surface area contributed by atoms with Crippen molar-refractivity contribution in [2.75, 3.05) is 19.8 Å². The molecule has 5 heteroatoms. The lowest BCUT2D eigenvalue weighted by Crippen LogP contribution is -2.47. The van der Waals surface area contributed by atoms with Crippen molar-refractivity contribution in [2.45, 2.75) is 19.4 Å². The topological polar surface area (TPSA) is 66.8 Å². The van der Waals surface area contributed by atoms with Crippen molar-refractivity contribution in [1.82, 2.24) is 4.90 Å². The standard InChI is InChI=1S/C16H19NO4/c1-2-14-11-21-10-9-17(14)15(18)8-5-12-3-6-13(7-4-12)16(19)20/h3-8,14H,2,9-11H2,1H3,(H,19,20)/b8-5+. The predicted octanol–water partition coefficient (Wildman–Crippen LogP) is 2.04. The molecule has 1 fully saturated rings. The number of nitrogens with zero attached hydrogens (tertiary/aromatic N) is 1. The van der Waals surface area contributed by atoms with Gasteiger partial charge in [-0.1, -0.05) is 19.1 Å². The molecule has 1 saturated heterocycles. The number of benzene rings is 1. The van der Waals surface area contributed by atoms with Gasteiger partial charge < -0.3 is 14.7 Å². The summed E-state index contributed by atoms with van der Waals surface area (Å²) in [4.78, 5) is 24.8. The number of carboxylic acid groups (broad SMARTS) is 1. The molecule has 0 radical (unpaired) electrons. The van der Waals surface area contributed by atoms with Crippen molar-refractivity contribution < 1.29 is 19.4 Å². The molecule has 0 saturated carbocycles. The second-order valence-electron chi connectivity index (χ2n) is 4.93. The summed E-state index contributed by atoms with van der Waals surface area (Å²) in [6.45, 7) is 3.81. The van der Waals surface area contributed by atoms with Crippen LogP contribution in [0.2, 0.25) is 0 Å². The Labute approximate surface area is 123 Å². The molecule has 1 amide bonds. The molecule has 1 aliphatic heterocycles. The summed E-state index contributed by atoms with van der Waals surface area (Å²) < 4.78 is 5.38. The summed E-state index contributed by atoms with van der Waals surface area (Å²) in [6, 6.07) is 6.55. The Bertz CT molecular complexity index is 536. The molecule has 5 nitrogen and oxygen atoms in total. The molecule has 0 aromatic heterocycles. The summed E-state index contributed by atoms with van der Waals surface area (Å²) in [5.41, 5.74) is 1.03. The van der Waals surface area contributed by atoms with Crippen LogP contribution in [-0.2, 0) is 9.53 Å². The van der Waals surface area contributed by atoms with Crippen LogP contribution >= 0.6 is 0 Å². The molecule has 1 aromatic rings. The van der Waals surface area contributed by atoms with Crippen LogP contribution in [0.15, 0.2) is 30.3 Å². The van der Waals surface area contributed by atoms with E-state index in [1.807, 2.05) is 11.8 Å². The average Bonchev–Trinajstić information content (AvgIpc) is 2.52. The number of hydrogen-bond acceptors (Lipinski definition) is 3. The number of carbonyl (C=O) groups is 2. The van der Waals surface area contributed by atoms with E-state index in [0.717, 1.165) is 12.0 Å². The Morgan fingerprint density at radius 1 is 1.38 bits per heavy atom. The molecule has 0 spiro atoms. The van der Waals surface area contributed by atoms with Crippen LogP contribution in [0.25, 0.3) is 6.08 Å². The third kappa shape index (κ3) is 3.92. The van der Waals surface area contributed by atoms with Gasteiger partial charge in [-0.15, -0.1) is 0 Å². The van der Waals surface area contributed by atoms with Gasteiger partial charge in [0.25, 0.3) is 0 Å². The third-order valence-electron chi connectivity index (χ3n) is 3.56. The van der Waals surface area contributed by atoms with Crippen LogP contribution in [0.5, 0.6) is 0 Å². The minimum atomic E-state index is -0.958. The number of hydrogen-bond donors (Lipinski definition) is 1. The van der Waals surface area contributed by atoms with Gasteiger partial charge in [0.15, 0.2) is 0 Å². The second kappa shape index (κ2) is 7.04. The lowest BCUT2D eigenvalue weighted by atomic mass is 10.1. The van der Waals surface area contributed by atoms with E-state index in [0.29, 0.717) is 19.8 Å². The lowest BCUT2D eigenvalue weighted by Gasteiger charge is -2.34. The fraction of sp³-hybridized carbons (Fsp3) is 0.375. The Kier molecular flexibility index (Phi) is 5.11. The van der Waals surface area contributed by atoms with Crippen molar-refractivity contribution in [2.24, 2.45) is 0 Å². The van der Waals surface area contributed by atoms with Crippen molar-refractivity contribution in [3.05, 3.63) is 41.5 Å². The highest BCUT2D eigenvalue weighted by molar-refractivity contribution is 5.92. The molecule has 112 valence electrons. The zero-order valence-corrected chi connectivity index (χ0v) is 12.0. The zero-order valence-electron chi connectivity index (χ0n) is 12.0. The molecule has 0 bridgehead atoms. The number of rotatable bonds is 4. The quantitative estimate of drug-likeness (QED) is 0.861. The number of amides is 1. The Balaban J connectivity index is 2.02. The molecule has 2 rings (SSSR count). The molecule has 0 aliphatic carbocycles. The van der Waals surface area contributed by atoms with Gasteiger partial charge in [-0.3, -0.25) is 4.79 Å². The Hall–Kier alpha value is -2.14. The summed E-state index contributed by atoms with van der Waals surface area (Å²) in [6.07, 6.45) is 4.10. The largest absolute Gasteiger partial charge is 0.478 e. The maximum absolute atomic E-state index is 12.2. The van der Waals surface area contributed by atoms with Gasteiger partial charge in [-0.05, 0) is 30.2 Å². The molecule has 1 aromatic carbocycles. The third-order valence-corrected chi connectivity index (χ3v) is 3.56. The van der Waals surface area contributed by atoms with Crippen LogP contribution in [-0.4, -0.2) is 47.7 Å². The number of carboxylic acids is 1. The van der Waals surface area contributed by atoms with Gasteiger partial charge in [-0.25, -0.2) is 4.79 Å². The first kappa shape index (κ1) is 15.3. The number of ether oxygens (including phenoxy) is 1. The van der Waals surface area contributed by atoms with E-state index in [9.17, 15) is 9.59 Å². The molecule has 1 aliphatic rings. The summed E-state index contributed by atoms with van der Waals surface area (Å²) in [5, 5.41) is 8.83. The highest BCUT2D eigenvalue weighted by Gasteiger charge is 2.24. The van der Waals surface area contributed by atoms with Gasteiger partial charge in [0.1, 0.15) is 0 Å². The van der Waals surface area contributed by atoms with Gasteiger partial charge in [0, 0.05) is 12.6 Å². The van der Waals surface area contributed by atoms with Crippen molar-refractivity contribution in [3.8, 4) is 0 Å². The van der Waals surface area contributed by atoms with E-state index in [-0.39, 0.29) is 17.5 Å². The van der Waals surface area contributed by atoms with E-state index in [4.69, 9.17) is 9.84 Å². The van der Waals surface area contributed by atoms with E-state index in [2.05, 4.69) is 0 Å². The monoisotopic (exact) mass is 289 g/mol. The molecule has 1 N–H and O–H groups in total. The van der Waals surface area contributed by atoms with Gasteiger partial charge in [-0.2, -0.15) is 0 Å². The van der Waals surface area contributed by atoms with Crippen molar-refractivity contribution in [1.29, 1.82) is 0 Å². The highest BCUT2D eigenvalue weighted by Crippen LogP contribution is 2.12. The summed E-state index contributed by atoms with van der Waals surface area (Å²) in [5.74, 6) is -0.992. The number of aromatic carboxylic acids is 1. The molecular formula is C16H19NO4. The first-order chi connectivity index (χ1) is 10.1. The average molecular weight is 289 g/mol. The van der Waals surface area contributed by atoms with Gasteiger partial charge >= 0.3 is 5.97 Å². The van der Waals surface area contributed by atoms with Crippen LogP contribution < -0.4 is 0 Å². The minimum absolute atomic E-state index is 0.0348. The summed E-state index contributed by atoms with van der Waals surface area (Å²) in [7, 11) is 0. The zero-order chi connectivity index (χ0) is 15.2. The van der Waals surface area contributed by atoms with Crippen molar-refractivity contribution >= 4 is 18.0 Å².